The topological polar surface area (TPSA) is 29.1 Å². The van der Waals surface area contributed by atoms with Gasteiger partial charge in [-0.3, -0.25) is 4.79 Å². The van der Waals surface area contributed by atoms with Crippen LogP contribution in [0.2, 0.25) is 0 Å². The van der Waals surface area contributed by atoms with Crippen LogP contribution in [0.5, 0.6) is 0 Å². The van der Waals surface area contributed by atoms with Crippen LogP contribution in [0.4, 0.5) is 4.39 Å². The number of carbonyl (C=O) groups is 1. The second-order valence-corrected chi connectivity index (χ2v) is 4.51. The molecule has 2 rings (SSSR count). The highest BCUT2D eigenvalue weighted by Crippen LogP contribution is 2.35. The Hall–Kier alpha value is -1.64. The summed E-state index contributed by atoms with van der Waals surface area (Å²) in [5.74, 6) is -0.0700. The zero-order valence-corrected chi connectivity index (χ0v) is 9.87. The zero-order valence-electron chi connectivity index (χ0n) is 9.87. The summed E-state index contributed by atoms with van der Waals surface area (Å²) in [4.78, 5) is 11.4. The minimum atomic E-state index is -0.209. The number of amides is 1. The lowest BCUT2D eigenvalue weighted by Crippen LogP contribution is -2.34. The third kappa shape index (κ3) is 2.23. The molecule has 17 heavy (non-hydrogen) atoms. The Labute approximate surface area is 101 Å². The fourth-order valence-corrected chi connectivity index (χ4v) is 2.41. The molecule has 0 saturated heterocycles. The highest BCUT2D eigenvalue weighted by Gasteiger charge is 2.28. The normalized spacial score (nSPS) is 22.7. The highest BCUT2D eigenvalue weighted by atomic mass is 19.1. The van der Waals surface area contributed by atoms with Gasteiger partial charge < -0.3 is 5.32 Å². The van der Waals surface area contributed by atoms with E-state index in [2.05, 4.69) is 18.8 Å². The molecular weight excluding hydrogens is 217 g/mol. The van der Waals surface area contributed by atoms with Crippen molar-refractivity contribution in [3.8, 4) is 0 Å². The maximum atomic E-state index is 13.7. The summed E-state index contributed by atoms with van der Waals surface area (Å²) < 4.78 is 13.7. The van der Waals surface area contributed by atoms with Crippen molar-refractivity contribution in [3.05, 3.63) is 47.8 Å². The van der Waals surface area contributed by atoms with Crippen molar-refractivity contribution >= 4 is 5.91 Å². The van der Waals surface area contributed by atoms with Crippen molar-refractivity contribution in [3.63, 3.8) is 0 Å². The Morgan fingerprint density at radius 1 is 1.59 bits per heavy atom. The van der Waals surface area contributed by atoms with Gasteiger partial charge in [-0.1, -0.05) is 25.6 Å². The molecule has 1 aromatic rings. The molecule has 0 spiro atoms. The highest BCUT2D eigenvalue weighted by molar-refractivity contribution is 5.87. The number of nitrogens with one attached hydrogen (secondary N) is 1. The number of rotatable bonds is 2. The Bertz CT molecular complexity index is 456. The first kappa shape index (κ1) is 11.8. The largest absolute Gasteiger partial charge is 0.345 e. The van der Waals surface area contributed by atoms with Crippen LogP contribution in [-0.4, -0.2) is 5.91 Å². The Balaban J connectivity index is 2.36. The second kappa shape index (κ2) is 4.70. The van der Waals surface area contributed by atoms with Gasteiger partial charge >= 0.3 is 0 Å². The minimum Gasteiger partial charge on any atom is -0.345 e. The molecule has 0 heterocycles. The van der Waals surface area contributed by atoms with E-state index in [1.54, 1.807) is 6.07 Å². The summed E-state index contributed by atoms with van der Waals surface area (Å²) in [6.07, 6.45) is 2.87. The van der Waals surface area contributed by atoms with Crippen molar-refractivity contribution in [2.24, 2.45) is 5.92 Å². The molecule has 0 aliphatic heterocycles. The predicted octanol–water partition coefficient (Wildman–Crippen LogP) is 2.75. The van der Waals surface area contributed by atoms with Gasteiger partial charge in [-0.05, 0) is 42.0 Å². The van der Waals surface area contributed by atoms with Gasteiger partial charge in [0.25, 0.3) is 0 Å². The Morgan fingerprint density at radius 2 is 2.35 bits per heavy atom. The lowest BCUT2D eigenvalue weighted by molar-refractivity contribution is -0.117. The van der Waals surface area contributed by atoms with Crippen LogP contribution in [0.3, 0.4) is 0 Å². The fourth-order valence-electron chi connectivity index (χ4n) is 2.41. The maximum Gasteiger partial charge on any atom is 0.243 e. The van der Waals surface area contributed by atoms with E-state index < -0.39 is 0 Å². The molecule has 0 bridgehead atoms. The minimum absolute atomic E-state index is 0.111. The van der Waals surface area contributed by atoms with Crippen LogP contribution in [-0.2, 0) is 11.2 Å². The number of hydrogen-bond donors (Lipinski definition) is 1. The molecule has 1 N–H and O–H groups in total. The van der Waals surface area contributed by atoms with Gasteiger partial charge in [-0.25, -0.2) is 4.39 Å². The fraction of sp³-hybridized carbons (Fsp3) is 0.357. The van der Waals surface area contributed by atoms with Gasteiger partial charge in [0, 0.05) is 0 Å². The van der Waals surface area contributed by atoms with E-state index in [-0.39, 0.29) is 17.8 Å². The summed E-state index contributed by atoms with van der Waals surface area (Å²) in [5, 5.41) is 2.88. The van der Waals surface area contributed by atoms with Crippen molar-refractivity contribution < 1.29 is 9.18 Å². The van der Waals surface area contributed by atoms with Gasteiger partial charge in [0.1, 0.15) is 5.82 Å². The molecule has 1 aromatic carbocycles. The van der Waals surface area contributed by atoms with Crippen LogP contribution >= 0.6 is 0 Å². The molecule has 1 amide bonds. The van der Waals surface area contributed by atoms with Gasteiger partial charge in [0.15, 0.2) is 0 Å². The van der Waals surface area contributed by atoms with E-state index in [1.807, 2.05) is 6.07 Å². The second-order valence-electron chi connectivity index (χ2n) is 4.51. The number of benzene rings is 1. The summed E-state index contributed by atoms with van der Waals surface area (Å²) in [6, 6.07) is 4.95. The molecule has 0 saturated carbocycles. The van der Waals surface area contributed by atoms with Crippen LogP contribution < -0.4 is 5.32 Å². The summed E-state index contributed by atoms with van der Waals surface area (Å²) in [5.41, 5.74) is 1.64. The smallest absolute Gasteiger partial charge is 0.243 e. The standard InChI is InChI=1S/C14H16FNO/c1-3-13(17)16-14-9(2)7-8-10-11(14)5-4-6-12(10)15/h3-6,9,14H,1,7-8H2,2H3,(H,16,17). The number of hydrogen-bond acceptors (Lipinski definition) is 1. The number of fused-ring (bicyclic) bond motifs is 1. The molecule has 0 aromatic heterocycles. The van der Waals surface area contributed by atoms with E-state index in [4.69, 9.17) is 0 Å². The Morgan fingerprint density at radius 3 is 3.06 bits per heavy atom. The molecule has 1 aliphatic rings. The van der Waals surface area contributed by atoms with Crippen LogP contribution in [0.1, 0.15) is 30.5 Å². The van der Waals surface area contributed by atoms with Crippen LogP contribution in [0, 0.1) is 11.7 Å². The molecular formula is C14H16FNO. The molecule has 2 nitrogen and oxygen atoms in total. The first-order chi connectivity index (χ1) is 8.13. The van der Waals surface area contributed by atoms with Crippen LogP contribution in [0.25, 0.3) is 0 Å². The van der Waals surface area contributed by atoms with E-state index >= 15 is 0 Å². The summed E-state index contributed by atoms with van der Waals surface area (Å²) >= 11 is 0. The van der Waals surface area contributed by atoms with E-state index in [1.165, 1.54) is 12.1 Å². The number of halogens is 1. The summed E-state index contributed by atoms with van der Waals surface area (Å²) in [6.45, 7) is 5.51. The SMILES string of the molecule is C=CC(=O)NC1c2cccc(F)c2CCC1C. The average Bonchev–Trinajstić information content (AvgIpc) is 2.33. The first-order valence-electron chi connectivity index (χ1n) is 5.83. The maximum absolute atomic E-state index is 13.7. The third-order valence-electron chi connectivity index (χ3n) is 3.39. The van der Waals surface area contributed by atoms with Crippen molar-refractivity contribution in [1.29, 1.82) is 0 Å². The van der Waals surface area contributed by atoms with Gasteiger partial charge in [0.05, 0.1) is 6.04 Å². The van der Waals surface area contributed by atoms with E-state index in [0.29, 0.717) is 5.92 Å². The van der Waals surface area contributed by atoms with Gasteiger partial charge in [-0.15, -0.1) is 0 Å². The van der Waals surface area contributed by atoms with Crippen molar-refractivity contribution in [2.75, 3.05) is 0 Å². The third-order valence-corrected chi connectivity index (χ3v) is 3.39. The molecule has 0 fully saturated rings. The average molecular weight is 233 g/mol. The van der Waals surface area contributed by atoms with E-state index in [9.17, 15) is 9.18 Å². The monoisotopic (exact) mass is 233 g/mol. The first-order valence-corrected chi connectivity index (χ1v) is 5.83. The summed E-state index contributed by atoms with van der Waals surface area (Å²) in [7, 11) is 0. The Kier molecular flexibility index (Phi) is 3.27. The molecule has 3 heteroatoms. The van der Waals surface area contributed by atoms with Crippen LogP contribution in [0.15, 0.2) is 30.9 Å². The van der Waals surface area contributed by atoms with E-state index in [0.717, 1.165) is 24.0 Å². The molecule has 90 valence electrons. The van der Waals surface area contributed by atoms with Crippen molar-refractivity contribution in [1.82, 2.24) is 5.32 Å². The lowest BCUT2D eigenvalue weighted by Gasteiger charge is -2.32. The molecule has 2 atom stereocenters. The molecule has 2 unspecified atom stereocenters. The molecule has 1 aliphatic carbocycles. The van der Waals surface area contributed by atoms with Crippen molar-refractivity contribution in [2.45, 2.75) is 25.8 Å². The zero-order chi connectivity index (χ0) is 12.4. The number of carbonyl (C=O) groups excluding carboxylic acids is 1. The lowest BCUT2D eigenvalue weighted by atomic mass is 9.80. The quantitative estimate of drug-likeness (QED) is 0.782. The van der Waals surface area contributed by atoms with Gasteiger partial charge in [0.2, 0.25) is 5.91 Å². The predicted molar refractivity (Wildman–Crippen MR) is 65.0 cm³/mol. The molecule has 0 radical (unpaired) electrons. The van der Waals surface area contributed by atoms with Gasteiger partial charge in [-0.2, -0.15) is 0 Å².